The minimum absolute atomic E-state index is 0.0241. The van der Waals surface area contributed by atoms with Gasteiger partial charge in [-0.1, -0.05) is 11.6 Å². The van der Waals surface area contributed by atoms with E-state index >= 15 is 0 Å². The van der Waals surface area contributed by atoms with Crippen molar-refractivity contribution in [1.82, 2.24) is 9.97 Å². The average molecular weight is 545 g/mol. The number of halogens is 2. The van der Waals surface area contributed by atoms with E-state index in [1.807, 2.05) is 0 Å². The van der Waals surface area contributed by atoms with Crippen LogP contribution >= 0.6 is 22.9 Å². The molecule has 3 heterocycles. The van der Waals surface area contributed by atoms with Crippen LogP contribution in [0.25, 0.3) is 22.4 Å². The van der Waals surface area contributed by atoms with E-state index in [1.165, 1.54) is 29.1 Å². The predicted octanol–water partition coefficient (Wildman–Crippen LogP) is 2.58. The Bertz CT molecular complexity index is 1570. The summed E-state index contributed by atoms with van der Waals surface area (Å²) in [6.07, 6.45) is 4.50. The molecule has 0 bridgehead atoms. The summed E-state index contributed by atoms with van der Waals surface area (Å²) in [5, 5.41) is 38.1. The summed E-state index contributed by atoms with van der Waals surface area (Å²) < 4.78 is 15.4. The van der Waals surface area contributed by atoms with E-state index in [1.54, 1.807) is 24.3 Å². The Labute approximate surface area is 217 Å². The number of aryl methyl sites for hydroxylation is 1. The van der Waals surface area contributed by atoms with E-state index in [2.05, 4.69) is 15.1 Å². The number of hydrazine groups is 1. The minimum Gasteiger partial charge on any atom is -0.477 e. The second-order valence-electron chi connectivity index (χ2n) is 8.38. The zero-order valence-electron chi connectivity index (χ0n) is 18.9. The number of carboxylic acids is 1. The number of nitrogens with two attached hydrogens (primary N) is 2. The first-order valence-electron chi connectivity index (χ1n) is 10.8. The molecule has 11 nitrogen and oxygen atoms in total. The summed E-state index contributed by atoms with van der Waals surface area (Å²) in [4.78, 5) is 17.9. The lowest BCUT2D eigenvalue weighted by Crippen LogP contribution is -2.44. The number of hydrogen-bond acceptors (Lipinski definition) is 8. The molecule has 5 rings (SSSR count). The number of nitrogens with zero attached hydrogens (tertiary/aromatic N) is 4. The highest BCUT2D eigenvalue weighted by Gasteiger charge is 2.50. The Morgan fingerprint density at radius 3 is 2.86 bits per heavy atom. The van der Waals surface area contributed by atoms with Crippen LogP contribution in [0.2, 0.25) is 5.02 Å². The summed E-state index contributed by atoms with van der Waals surface area (Å²) in [7, 11) is 0. The number of pyridine rings is 1. The van der Waals surface area contributed by atoms with Crippen LogP contribution in [0.15, 0.2) is 47.1 Å². The number of fused-ring (bicyclic) bond motifs is 1. The Hall–Kier alpha value is -4.04. The van der Waals surface area contributed by atoms with Gasteiger partial charge in [0.1, 0.15) is 17.0 Å². The topological polar surface area (TPSA) is 178 Å². The quantitative estimate of drug-likeness (QED) is 0.0535. The number of aromatic nitrogens is 3. The van der Waals surface area contributed by atoms with Crippen molar-refractivity contribution in [3.8, 4) is 22.4 Å². The zero-order valence-corrected chi connectivity index (χ0v) is 20.5. The van der Waals surface area contributed by atoms with Gasteiger partial charge in [0.25, 0.3) is 5.69 Å². The molecule has 8 N–H and O–H groups in total. The maximum atomic E-state index is 14.6. The number of carbonyl (C=O) groups is 1. The molecule has 1 atom stereocenters. The van der Waals surface area contributed by atoms with Gasteiger partial charge in [0.15, 0.2) is 5.82 Å². The van der Waals surface area contributed by atoms with Crippen LogP contribution in [0.4, 0.5) is 10.1 Å². The van der Waals surface area contributed by atoms with Gasteiger partial charge in [-0.25, -0.2) is 20.0 Å². The Morgan fingerprint density at radius 1 is 1.38 bits per heavy atom. The summed E-state index contributed by atoms with van der Waals surface area (Å²) >= 11 is 6.97. The third-order valence-corrected chi connectivity index (χ3v) is 7.37. The lowest BCUT2D eigenvalue weighted by atomic mass is 9.98. The second-order valence-corrected chi connectivity index (χ2v) is 9.70. The molecule has 1 aliphatic rings. The predicted molar refractivity (Wildman–Crippen MR) is 134 cm³/mol. The number of rotatable bonds is 6. The van der Waals surface area contributed by atoms with Gasteiger partial charge in [-0.2, -0.15) is 5.10 Å². The minimum atomic E-state index is -1.72. The first kappa shape index (κ1) is 24.6. The third-order valence-electron chi connectivity index (χ3n) is 6.19. The van der Waals surface area contributed by atoms with Gasteiger partial charge in [0.2, 0.25) is 11.8 Å². The normalized spacial score (nSPS) is 16.9. The van der Waals surface area contributed by atoms with E-state index in [9.17, 15) is 19.5 Å². The van der Waals surface area contributed by atoms with Gasteiger partial charge >= 0.3 is 5.97 Å². The molecule has 0 spiro atoms. The smallest absolute Gasteiger partial charge is 0.348 e. The van der Waals surface area contributed by atoms with Gasteiger partial charge in [-0.05, 0) is 37.1 Å². The number of aromatic carboxylic acids is 1. The van der Waals surface area contributed by atoms with Crippen LogP contribution in [0, 0.1) is 5.82 Å². The van der Waals surface area contributed by atoms with Crippen LogP contribution < -0.4 is 21.4 Å². The number of H-pyrrole nitrogens is 1. The molecule has 4 aromatic rings. The van der Waals surface area contributed by atoms with Crippen LogP contribution in [0.1, 0.15) is 33.2 Å². The average Bonchev–Trinajstić information content (AvgIpc) is 3.57. The number of carboxylic acid groups (broad SMARTS) is 1. The van der Waals surface area contributed by atoms with Crippen LogP contribution in [0.3, 0.4) is 0 Å². The molecule has 0 aliphatic heterocycles. The number of imidazole rings is 1. The molecule has 0 radical (unpaired) electrons. The van der Waals surface area contributed by atoms with Gasteiger partial charge in [0.05, 0.1) is 23.1 Å². The standard InChI is InChI=1S/C23H19ClFN7O4S/c24-13-1-2-17(31(27)10-29-26)14(6-13)12-5-11-3-4-23(35,20(11)32(36)8-12)22-28-7-16(30-22)15-9-37-19(18(15)25)21(33)34/h1-2,5-10,35H,3-4,26-27H2,(H2-,28,30,33,34,36)/p+1/b29-10-. The van der Waals surface area contributed by atoms with Crippen molar-refractivity contribution < 1.29 is 29.3 Å². The summed E-state index contributed by atoms with van der Waals surface area (Å²) in [5.41, 5.74) is 0.989. The van der Waals surface area contributed by atoms with Crippen LogP contribution in [-0.2, 0) is 12.0 Å². The second kappa shape index (κ2) is 9.12. The highest BCUT2D eigenvalue weighted by Crippen LogP contribution is 2.42. The number of nitrogens with one attached hydrogen (secondary N) is 1. The Balaban J connectivity index is 1.56. The molecular weight excluding hydrogens is 525 g/mol. The molecule has 190 valence electrons. The number of aromatic amines is 1. The molecular formula is C23H20ClFN7O4S+. The largest absolute Gasteiger partial charge is 0.477 e. The fraction of sp³-hybridized carbons (Fsp3) is 0.130. The third kappa shape index (κ3) is 4.07. The first-order valence-corrected chi connectivity index (χ1v) is 12.0. The molecule has 0 fully saturated rings. The number of anilines is 1. The van der Waals surface area contributed by atoms with Crippen LogP contribution in [0.5, 0.6) is 0 Å². The number of aliphatic hydroxyl groups is 1. The molecule has 1 aromatic carbocycles. The van der Waals surface area contributed by atoms with Crippen molar-refractivity contribution in [2.75, 3.05) is 5.01 Å². The first-order chi connectivity index (χ1) is 17.6. The van der Waals surface area contributed by atoms with Crippen LogP contribution in [-0.4, -0.2) is 37.7 Å². The molecule has 0 amide bonds. The number of hydrogen-bond donors (Lipinski definition) is 6. The number of hydrazone groups is 1. The van der Waals surface area contributed by atoms with Crippen molar-refractivity contribution in [2.24, 2.45) is 16.8 Å². The van der Waals surface area contributed by atoms with Gasteiger partial charge in [0, 0.05) is 31.8 Å². The fourth-order valence-corrected chi connectivity index (χ4v) is 5.48. The maximum Gasteiger partial charge on any atom is 0.348 e. The Kier molecular flexibility index (Phi) is 6.07. The zero-order chi connectivity index (χ0) is 26.5. The van der Waals surface area contributed by atoms with E-state index < -0.39 is 22.3 Å². The molecule has 0 saturated heterocycles. The lowest BCUT2D eigenvalue weighted by molar-refractivity contribution is -0.912. The van der Waals surface area contributed by atoms with E-state index in [0.29, 0.717) is 33.8 Å². The summed E-state index contributed by atoms with van der Waals surface area (Å²) in [6, 6.07) is 6.79. The monoisotopic (exact) mass is 544 g/mol. The Morgan fingerprint density at radius 2 is 2.16 bits per heavy atom. The van der Waals surface area contributed by atoms with E-state index in [4.69, 9.17) is 28.4 Å². The summed E-state index contributed by atoms with van der Waals surface area (Å²) in [6.45, 7) is 0. The molecule has 3 aromatic heterocycles. The lowest BCUT2D eigenvalue weighted by Gasteiger charge is -2.18. The number of benzene rings is 1. The molecule has 0 saturated carbocycles. The van der Waals surface area contributed by atoms with Crippen molar-refractivity contribution in [3.63, 3.8) is 0 Å². The highest BCUT2D eigenvalue weighted by molar-refractivity contribution is 7.12. The van der Waals surface area contributed by atoms with Crippen molar-refractivity contribution in [3.05, 3.63) is 74.8 Å². The molecule has 1 unspecified atom stereocenters. The SMILES string of the molecule is N/N=C\N(N)c1ccc(Cl)cc1-c1cc2c([n+](O)c1)C(O)(c1ncc(-c3csc(C(=O)O)c3F)[nH]1)CC2. The summed E-state index contributed by atoms with van der Waals surface area (Å²) in [5.74, 6) is 9.07. The number of thiophene rings is 1. The van der Waals surface area contributed by atoms with E-state index in [-0.39, 0.29) is 29.2 Å². The fourth-order valence-electron chi connectivity index (χ4n) is 4.53. The van der Waals surface area contributed by atoms with E-state index in [0.717, 1.165) is 16.1 Å². The molecule has 14 heteroatoms. The highest BCUT2D eigenvalue weighted by atomic mass is 35.5. The van der Waals surface area contributed by atoms with Gasteiger partial charge in [-0.3, -0.25) is 10.2 Å². The van der Waals surface area contributed by atoms with Gasteiger partial charge < -0.3 is 21.0 Å². The van der Waals surface area contributed by atoms with Gasteiger partial charge in [-0.15, -0.1) is 11.3 Å². The van der Waals surface area contributed by atoms with Crippen molar-refractivity contribution in [1.29, 1.82) is 0 Å². The maximum absolute atomic E-state index is 14.6. The molecule has 1 aliphatic carbocycles. The van der Waals surface area contributed by atoms with Crippen molar-refractivity contribution >= 4 is 40.9 Å². The molecule has 37 heavy (non-hydrogen) atoms. The van der Waals surface area contributed by atoms with Crippen molar-refractivity contribution in [2.45, 2.75) is 18.4 Å².